The number of nitrogens with zero attached hydrogens (tertiary/aromatic N) is 2. The summed E-state index contributed by atoms with van der Waals surface area (Å²) >= 11 is 6.04. The summed E-state index contributed by atoms with van der Waals surface area (Å²) in [5.74, 6) is 0.846. The minimum absolute atomic E-state index is 0. The predicted molar refractivity (Wildman–Crippen MR) is 120 cm³/mol. The Morgan fingerprint density at radius 3 is 2.41 bits per heavy atom. The molecule has 7 heteroatoms. The van der Waals surface area contributed by atoms with Crippen LogP contribution in [-0.2, 0) is 14.9 Å². The van der Waals surface area contributed by atoms with Gasteiger partial charge in [-0.15, -0.1) is 24.0 Å². The lowest BCUT2D eigenvalue weighted by Crippen LogP contribution is -2.52. The molecular weight excluding hydrogens is 477 g/mol. The third kappa shape index (κ3) is 5.08. The van der Waals surface area contributed by atoms with Crippen molar-refractivity contribution in [2.45, 2.75) is 37.5 Å². The van der Waals surface area contributed by atoms with Crippen molar-refractivity contribution in [1.29, 1.82) is 0 Å². The number of piperidine rings is 1. The van der Waals surface area contributed by atoms with Crippen LogP contribution in [0.4, 0.5) is 0 Å². The van der Waals surface area contributed by atoms with Crippen molar-refractivity contribution in [3.05, 3.63) is 34.9 Å². The quantitative estimate of drug-likeness (QED) is 0.292. The second kappa shape index (κ2) is 9.96. The maximum absolute atomic E-state index is 11.7. The number of methoxy groups -OCH3 is 1. The minimum atomic E-state index is -0.0937. The monoisotopic (exact) mass is 505 g/mol. The highest BCUT2D eigenvalue weighted by molar-refractivity contribution is 14.0. The summed E-state index contributed by atoms with van der Waals surface area (Å²) in [4.78, 5) is 18.4. The summed E-state index contributed by atoms with van der Waals surface area (Å²) in [5.41, 5.74) is 1.52. The van der Waals surface area contributed by atoms with Gasteiger partial charge in [-0.25, -0.2) is 0 Å². The number of carbonyl (C=O) groups is 1. The van der Waals surface area contributed by atoms with Crippen LogP contribution in [0.1, 0.15) is 37.7 Å². The van der Waals surface area contributed by atoms with Crippen LogP contribution in [0.3, 0.4) is 0 Å². The van der Waals surface area contributed by atoms with Gasteiger partial charge in [0.25, 0.3) is 0 Å². The van der Waals surface area contributed by atoms with Gasteiger partial charge in [0.05, 0.1) is 13.0 Å². The van der Waals surface area contributed by atoms with Gasteiger partial charge in [-0.1, -0.05) is 30.2 Å². The van der Waals surface area contributed by atoms with Crippen LogP contribution >= 0.6 is 35.6 Å². The number of ether oxygens (including phenoxy) is 1. The molecule has 0 aromatic heterocycles. The number of aliphatic imine (C=N–C) groups is 1. The van der Waals surface area contributed by atoms with Gasteiger partial charge < -0.3 is 15.0 Å². The van der Waals surface area contributed by atoms with E-state index in [0.717, 1.165) is 43.5 Å². The number of esters is 1. The Bertz CT molecular complexity index is 654. The molecule has 1 N–H and O–H groups in total. The lowest BCUT2D eigenvalue weighted by Gasteiger charge is -2.44. The van der Waals surface area contributed by atoms with Gasteiger partial charge in [-0.3, -0.25) is 9.79 Å². The highest BCUT2D eigenvalue weighted by Crippen LogP contribution is 2.43. The number of guanidine groups is 1. The average Bonchev–Trinajstić information content (AvgIpc) is 2.65. The molecular formula is C20H29ClIN3O2. The highest BCUT2D eigenvalue weighted by atomic mass is 127. The lowest BCUT2D eigenvalue weighted by molar-refractivity contribution is -0.146. The predicted octanol–water partition coefficient (Wildman–Crippen LogP) is 3.84. The van der Waals surface area contributed by atoms with Crippen LogP contribution in [-0.4, -0.2) is 50.6 Å². The van der Waals surface area contributed by atoms with Gasteiger partial charge in [0.1, 0.15) is 0 Å². The number of halogens is 2. The summed E-state index contributed by atoms with van der Waals surface area (Å²) in [6, 6.07) is 8.24. The summed E-state index contributed by atoms with van der Waals surface area (Å²) in [6.07, 6.45) is 5.25. The molecule has 150 valence electrons. The molecule has 1 aliphatic heterocycles. The number of hydrogen-bond donors (Lipinski definition) is 1. The molecule has 3 rings (SSSR count). The van der Waals surface area contributed by atoms with E-state index in [1.165, 1.54) is 31.9 Å². The Balaban J connectivity index is 0.00000261. The van der Waals surface area contributed by atoms with E-state index in [9.17, 15) is 4.79 Å². The Hall–Kier alpha value is -1.02. The fourth-order valence-corrected chi connectivity index (χ4v) is 4.17. The molecule has 2 aliphatic rings. The number of nitrogens with one attached hydrogen (secondary N) is 1. The fraction of sp³-hybridized carbons (Fsp3) is 0.600. The molecule has 0 bridgehead atoms. The number of hydrogen-bond acceptors (Lipinski definition) is 3. The first-order chi connectivity index (χ1) is 12.6. The summed E-state index contributed by atoms with van der Waals surface area (Å²) in [5, 5.41) is 4.36. The summed E-state index contributed by atoms with van der Waals surface area (Å²) in [7, 11) is 3.29. The van der Waals surface area contributed by atoms with Gasteiger partial charge in [-0.2, -0.15) is 0 Å². The Morgan fingerprint density at radius 1 is 1.30 bits per heavy atom. The third-order valence-corrected chi connectivity index (χ3v) is 6.14. The van der Waals surface area contributed by atoms with Crippen LogP contribution in [0.2, 0.25) is 5.02 Å². The zero-order chi connectivity index (χ0) is 18.6. The molecule has 0 unspecified atom stereocenters. The van der Waals surface area contributed by atoms with Crippen molar-refractivity contribution in [1.82, 2.24) is 10.2 Å². The zero-order valence-corrected chi connectivity index (χ0v) is 19.1. The molecule has 1 saturated heterocycles. The standard InChI is InChI=1S/C20H28ClN3O2.HI/c1-22-19(24-12-8-15(9-13-24)18(25)26-2)23-14-20(10-3-11-20)16-4-6-17(21)7-5-16;/h4-7,15H,3,8-14H2,1-2H3,(H,22,23);1H. The molecule has 0 atom stereocenters. The van der Waals surface area contributed by atoms with Gasteiger partial charge in [0.2, 0.25) is 0 Å². The number of carbonyl (C=O) groups excluding carboxylic acids is 1. The summed E-state index contributed by atoms with van der Waals surface area (Å²) in [6.45, 7) is 2.53. The largest absolute Gasteiger partial charge is 0.469 e. The Kier molecular flexibility index (Phi) is 8.21. The van der Waals surface area contributed by atoms with Crippen LogP contribution in [0, 0.1) is 5.92 Å². The SMILES string of the molecule is CN=C(NCC1(c2ccc(Cl)cc2)CCC1)N1CCC(C(=O)OC)CC1.I. The van der Waals surface area contributed by atoms with E-state index in [2.05, 4.69) is 27.3 Å². The van der Waals surface area contributed by atoms with E-state index in [0.29, 0.717) is 0 Å². The topological polar surface area (TPSA) is 53.9 Å². The molecule has 1 heterocycles. The maximum atomic E-state index is 11.7. The van der Waals surface area contributed by atoms with E-state index >= 15 is 0 Å². The smallest absolute Gasteiger partial charge is 0.308 e. The normalized spacial score (nSPS) is 19.7. The second-order valence-corrected chi connectivity index (χ2v) is 7.76. The van der Waals surface area contributed by atoms with Crippen LogP contribution < -0.4 is 5.32 Å². The van der Waals surface area contributed by atoms with E-state index in [-0.39, 0.29) is 41.3 Å². The number of likely N-dealkylation sites (tertiary alicyclic amines) is 1. The van der Waals surface area contributed by atoms with Gasteiger partial charge in [-0.05, 0) is 43.4 Å². The number of rotatable bonds is 4. The van der Waals surface area contributed by atoms with Gasteiger partial charge in [0, 0.05) is 37.1 Å². The molecule has 0 amide bonds. The minimum Gasteiger partial charge on any atom is -0.469 e. The van der Waals surface area contributed by atoms with Crippen molar-refractivity contribution in [3.63, 3.8) is 0 Å². The fourth-order valence-electron chi connectivity index (χ4n) is 4.05. The van der Waals surface area contributed by atoms with E-state index < -0.39 is 0 Å². The highest BCUT2D eigenvalue weighted by Gasteiger charge is 2.39. The van der Waals surface area contributed by atoms with Crippen molar-refractivity contribution < 1.29 is 9.53 Å². The van der Waals surface area contributed by atoms with Gasteiger partial charge >= 0.3 is 5.97 Å². The Labute approximate surface area is 183 Å². The average molecular weight is 506 g/mol. The molecule has 1 saturated carbocycles. The molecule has 1 aromatic rings. The zero-order valence-electron chi connectivity index (χ0n) is 16.0. The van der Waals surface area contributed by atoms with Crippen LogP contribution in [0.5, 0.6) is 0 Å². The van der Waals surface area contributed by atoms with E-state index in [1.807, 2.05) is 19.2 Å². The van der Waals surface area contributed by atoms with Crippen molar-refractivity contribution in [2.24, 2.45) is 10.9 Å². The molecule has 5 nitrogen and oxygen atoms in total. The van der Waals surface area contributed by atoms with E-state index in [1.54, 1.807) is 0 Å². The third-order valence-electron chi connectivity index (χ3n) is 5.89. The summed E-state index contributed by atoms with van der Waals surface area (Å²) < 4.78 is 4.87. The molecule has 27 heavy (non-hydrogen) atoms. The van der Waals surface area contributed by atoms with E-state index in [4.69, 9.17) is 16.3 Å². The molecule has 0 radical (unpaired) electrons. The Morgan fingerprint density at radius 2 is 1.93 bits per heavy atom. The molecule has 2 fully saturated rings. The van der Waals surface area contributed by atoms with Crippen molar-refractivity contribution in [3.8, 4) is 0 Å². The van der Waals surface area contributed by atoms with Gasteiger partial charge in [0.15, 0.2) is 5.96 Å². The molecule has 1 aliphatic carbocycles. The van der Waals surface area contributed by atoms with Crippen LogP contribution in [0.15, 0.2) is 29.3 Å². The first-order valence-corrected chi connectivity index (χ1v) is 9.75. The van der Waals surface area contributed by atoms with Crippen LogP contribution in [0.25, 0.3) is 0 Å². The number of benzene rings is 1. The lowest BCUT2D eigenvalue weighted by atomic mass is 9.64. The first kappa shape index (κ1) is 22.3. The molecule has 0 spiro atoms. The molecule has 1 aromatic carbocycles. The first-order valence-electron chi connectivity index (χ1n) is 9.37. The maximum Gasteiger partial charge on any atom is 0.308 e. The van der Waals surface area contributed by atoms with Crippen molar-refractivity contribution >= 4 is 47.5 Å². The second-order valence-electron chi connectivity index (χ2n) is 7.33. The van der Waals surface area contributed by atoms with Crippen molar-refractivity contribution in [2.75, 3.05) is 33.8 Å².